The second-order valence-corrected chi connectivity index (χ2v) is 8.31. The topological polar surface area (TPSA) is 63.7 Å². The third kappa shape index (κ3) is 8.39. The van der Waals surface area contributed by atoms with Crippen LogP contribution in [0.5, 0.6) is 5.75 Å². The van der Waals surface area contributed by atoms with Crippen molar-refractivity contribution in [2.45, 2.75) is 32.6 Å². The van der Waals surface area contributed by atoms with Crippen LogP contribution >= 0.6 is 0 Å². The molecule has 0 saturated heterocycles. The Bertz CT molecular complexity index is 989. The molecule has 1 N–H and O–H groups in total. The molecule has 1 aromatic heterocycles. The minimum atomic E-state index is -0.289. The van der Waals surface area contributed by atoms with Crippen molar-refractivity contribution in [3.05, 3.63) is 77.6 Å². The molecule has 3 rings (SSSR count). The predicted octanol–water partition coefficient (Wildman–Crippen LogP) is 4.84. The first-order valence-corrected chi connectivity index (χ1v) is 11.9. The number of halogens is 1. The molecule has 0 atom stereocenters. The summed E-state index contributed by atoms with van der Waals surface area (Å²) in [6, 6.07) is 11.5. The van der Waals surface area contributed by atoms with E-state index in [-0.39, 0.29) is 11.7 Å². The maximum absolute atomic E-state index is 13.1. The summed E-state index contributed by atoms with van der Waals surface area (Å²) in [7, 11) is 2.01. The van der Waals surface area contributed by atoms with Gasteiger partial charge in [0.15, 0.2) is 0 Å². The Kier molecular flexibility index (Phi) is 10.3. The van der Waals surface area contributed by atoms with Gasteiger partial charge in [0.2, 0.25) is 0 Å². The number of amides is 1. The second-order valence-electron chi connectivity index (χ2n) is 8.31. The molecule has 1 aliphatic rings. The Labute approximate surface area is 201 Å². The maximum Gasteiger partial charge on any atom is 0.269 e. The lowest BCUT2D eigenvalue weighted by Crippen LogP contribution is -2.34. The molecular formula is C27H34FN3O3. The highest BCUT2D eigenvalue weighted by Gasteiger charge is 2.13. The van der Waals surface area contributed by atoms with E-state index in [1.165, 1.54) is 12.1 Å². The van der Waals surface area contributed by atoms with Gasteiger partial charge < -0.3 is 19.7 Å². The fourth-order valence-corrected chi connectivity index (χ4v) is 3.54. The van der Waals surface area contributed by atoms with Crippen molar-refractivity contribution >= 4 is 11.5 Å². The van der Waals surface area contributed by atoms with E-state index in [4.69, 9.17) is 9.47 Å². The van der Waals surface area contributed by atoms with E-state index in [1.807, 2.05) is 31.3 Å². The number of ether oxygens (including phenoxy) is 2. The van der Waals surface area contributed by atoms with E-state index in [0.717, 1.165) is 62.4 Å². The smallest absolute Gasteiger partial charge is 0.269 e. The first-order chi connectivity index (χ1) is 16.5. The predicted molar refractivity (Wildman–Crippen MR) is 132 cm³/mol. The monoisotopic (exact) mass is 467 g/mol. The fourth-order valence-electron chi connectivity index (χ4n) is 3.54. The Morgan fingerprint density at radius 1 is 1.09 bits per heavy atom. The van der Waals surface area contributed by atoms with Crippen molar-refractivity contribution in [2.75, 3.05) is 39.9 Å². The van der Waals surface area contributed by atoms with Gasteiger partial charge in [0.25, 0.3) is 5.91 Å². The molecule has 0 aliphatic heterocycles. The van der Waals surface area contributed by atoms with E-state index < -0.39 is 0 Å². The Morgan fingerprint density at radius 3 is 2.71 bits per heavy atom. The molecule has 2 aromatic rings. The number of allylic oxidation sites excluding steroid dienone is 4. The first kappa shape index (κ1) is 25.6. The van der Waals surface area contributed by atoms with E-state index >= 15 is 0 Å². The molecule has 0 unspecified atom stereocenters. The maximum atomic E-state index is 13.1. The van der Waals surface area contributed by atoms with Gasteiger partial charge in [-0.2, -0.15) is 0 Å². The van der Waals surface area contributed by atoms with Gasteiger partial charge in [0.05, 0.1) is 12.3 Å². The average Bonchev–Trinajstić information content (AvgIpc) is 3.09. The zero-order valence-electron chi connectivity index (χ0n) is 20.1. The molecule has 34 heavy (non-hydrogen) atoms. The zero-order valence-corrected chi connectivity index (χ0v) is 20.1. The number of hydrogen-bond acceptors (Lipinski definition) is 5. The number of nitrogens with one attached hydrogen (secondary N) is 1. The average molecular weight is 468 g/mol. The van der Waals surface area contributed by atoms with Gasteiger partial charge in [-0.3, -0.25) is 4.79 Å². The second kappa shape index (κ2) is 13.6. The number of hydrogen-bond donors (Lipinski definition) is 1. The molecule has 0 fully saturated rings. The third-order valence-corrected chi connectivity index (χ3v) is 5.46. The highest BCUT2D eigenvalue weighted by atomic mass is 19.1. The molecule has 0 bridgehead atoms. The molecule has 1 amide bonds. The molecule has 7 heteroatoms. The number of carbonyl (C=O) groups excluding carboxylic acids is 1. The normalized spacial score (nSPS) is 13.8. The quantitative estimate of drug-likeness (QED) is 0.453. The number of likely N-dealkylation sites (N-methyl/N-ethyl adjacent to an activating group) is 1. The van der Waals surface area contributed by atoms with Crippen molar-refractivity contribution in [1.82, 2.24) is 15.2 Å². The van der Waals surface area contributed by atoms with Gasteiger partial charge in [0, 0.05) is 32.7 Å². The SMILES string of the molecule is CCCOCCN(C)CCNC(=O)c1cccc(C2=CC=C(Oc3ccc(F)cc3)CCC2)n1. The lowest BCUT2D eigenvalue weighted by atomic mass is 10.1. The summed E-state index contributed by atoms with van der Waals surface area (Å²) in [6.07, 6.45) is 7.44. The Balaban J connectivity index is 1.54. The molecule has 1 aromatic carbocycles. The van der Waals surface area contributed by atoms with Gasteiger partial charge in [-0.1, -0.05) is 19.1 Å². The van der Waals surface area contributed by atoms with Crippen LogP contribution in [0.1, 0.15) is 48.8 Å². The van der Waals surface area contributed by atoms with Crippen molar-refractivity contribution in [2.24, 2.45) is 0 Å². The summed E-state index contributed by atoms with van der Waals surface area (Å²) in [4.78, 5) is 19.3. The van der Waals surface area contributed by atoms with Crippen LogP contribution in [0.4, 0.5) is 4.39 Å². The summed E-state index contributed by atoms with van der Waals surface area (Å²) >= 11 is 0. The van der Waals surface area contributed by atoms with Gasteiger partial charge >= 0.3 is 0 Å². The number of benzene rings is 1. The molecule has 0 saturated carbocycles. The standard InChI is InChI=1S/C27H34FN3O3/c1-3-19-33-20-18-31(2)17-16-29-27(32)26-9-5-8-25(30-26)21-6-4-7-23(13-10-21)34-24-14-11-22(28)12-15-24/h5,8-15H,3-4,6-7,16-20H2,1-2H3,(H,29,32). The fraction of sp³-hybridized carbons (Fsp3) is 0.407. The van der Waals surface area contributed by atoms with Gasteiger partial charge in [-0.05, 0) is 74.4 Å². The minimum absolute atomic E-state index is 0.178. The molecule has 0 radical (unpaired) electrons. The van der Waals surface area contributed by atoms with Crippen molar-refractivity contribution in [3.63, 3.8) is 0 Å². The molecular weight excluding hydrogens is 433 g/mol. The van der Waals surface area contributed by atoms with Crippen LogP contribution in [0.2, 0.25) is 0 Å². The lowest BCUT2D eigenvalue weighted by Gasteiger charge is -2.16. The van der Waals surface area contributed by atoms with Gasteiger partial charge in [-0.15, -0.1) is 0 Å². The molecule has 0 spiro atoms. The number of nitrogens with zero attached hydrogens (tertiary/aromatic N) is 2. The van der Waals surface area contributed by atoms with Crippen molar-refractivity contribution in [3.8, 4) is 5.75 Å². The van der Waals surface area contributed by atoms with Crippen LogP contribution in [-0.4, -0.2) is 55.7 Å². The summed E-state index contributed by atoms with van der Waals surface area (Å²) in [6.45, 7) is 5.69. The van der Waals surface area contributed by atoms with Crippen LogP contribution in [0.25, 0.3) is 5.57 Å². The van der Waals surface area contributed by atoms with Gasteiger partial charge in [-0.25, -0.2) is 9.37 Å². The van der Waals surface area contributed by atoms with E-state index in [0.29, 0.717) is 24.6 Å². The number of carbonyl (C=O) groups is 1. The summed E-state index contributed by atoms with van der Waals surface area (Å²) in [5.41, 5.74) is 2.25. The van der Waals surface area contributed by atoms with E-state index in [2.05, 4.69) is 22.1 Å². The van der Waals surface area contributed by atoms with Crippen LogP contribution in [0.3, 0.4) is 0 Å². The van der Waals surface area contributed by atoms with Crippen molar-refractivity contribution < 1.29 is 18.7 Å². The number of aromatic nitrogens is 1. The summed E-state index contributed by atoms with van der Waals surface area (Å²) in [5.74, 6) is 0.964. The first-order valence-electron chi connectivity index (χ1n) is 11.9. The minimum Gasteiger partial charge on any atom is -0.462 e. The largest absolute Gasteiger partial charge is 0.462 e. The van der Waals surface area contributed by atoms with Gasteiger partial charge in [0.1, 0.15) is 23.0 Å². The molecule has 1 heterocycles. The van der Waals surface area contributed by atoms with Crippen molar-refractivity contribution in [1.29, 1.82) is 0 Å². The Hall–Kier alpha value is -3.03. The zero-order chi connectivity index (χ0) is 24.2. The third-order valence-electron chi connectivity index (χ3n) is 5.46. The lowest BCUT2D eigenvalue weighted by molar-refractivity contribution is 0.0936. The molecule has 1 aliphatic carbocycles. The van der Waals surface area contributed by atoms with Crippen LogP contribution in [0, 0.1) is 5.82 Å². The highest BCUT2D eigenvalue weighted by molar-refractivity contribution is 5.92. The highest BCUT2D eigenvalue weighted by Crippen LogP contribution is 2.26. The van der Waals surface area contributed by atoms with Crippen LogP contribution in [0.15, 0.2) is 60.4 Å². The summed E-state index contributed by atoms with van der Waals surface area (Å²) in [5, 5.41) is 2.95. The van der Waals surface area contributed by atoms with E-state index in [9.17, 15) is 9.18 Å². The summed E-state index contributed by atoms with van der Waals surface area (Å²) < 4.78 is 24.5. The van der Waals surface area contributed by atoms with Crippen LogP contribution < -0.4 is 10.1 Å². The molecule has 182 valence electrons. The molecule has 6 nitrogen and oxygen atoms in total. The van der Waals surface area contributed by atoms with E-state index in [1.54, 1.807) is 18.2 Å². The Morgan fingerprint density at radius 2 is 1.91 bits per heavy atom. The number of rotatable bonds is 12. The van der Waals surface area contributed by atoms with Crippen LogP contribution in [-0.2, 0) is 4.74 Å². The number of pyridine rings is 1.